The maximum atomic E-state index is 10.9. The molecule has 4 heteroatoms. The number of fused-ring (bicyclic) bond motifs is 1. The molecule has 1 heterocycles. The van der Waals surface area contributed by atoms with Gasteiger partial charge in [-0.2, -0.15) is 0 Å². The fraction of sp³-hybridized carbons (Fsp3) is 0.400. The maximum absolute atomic E-state index is 10.9. The number of aryl methyl sites for hydroxylation is 1. The van der Waals surface area contributed by atoms with Crippen molar-refractivity contribution in [2.45, 2.75) is 32.7 Å². The van der Waals surface area contributed by atoms with Crippen molar-refractivity contribution in [2.24, 2.45) is 0 Å². The number of rotatable bonds is 5. The van der Waals surface area contributed by atoms with Crippen LogP contribution in [-0.2, 0) is 11.3 Å². The summed E-state index contributed by atoms with van der Waals surface area (Å²) in [6.45, 7) is 4.88. The summed E-state index contributed by atoms with van der Waals surface area (Å²) in [6, 6.07) is 5.92. The molecule has 19 heavy (non-hydrogen) atoms. The van der Waals surface area contributed by atoms with E-state index in [1.165, 1.54) is 0 Å². The molecule has 1 unspecified atom stereocenters. The predicted octanol–water partition coefficient (Wildman–Crippen LogP) is 3.25. The second-order valence-electron chi connectivity index (χ2n) is 4.75. The average Bonchev–Trinajstić information content (AvgIpc) is 2.75. The quantitative estimate of drug-likeness (QED) is 0.898. The third kappa shape index (κ3) is 2.57. The van der Waals surface area contributed by atoms with Crippen LogP contribution < -0.4 is 4.74 Å². The molecule has 1 aromatic carbocycles. The molecular formula is C15H19NO3. The lowest BCUT2D eigenvalue weighted by molar-refractivity contribution is -0.137. The minimum atomic E-state index is -0.765. The minimum Gasteiger partial charge on any atom is -0.497 e. The van der Waals surface area contributed by atoms with Crippen LogP contribution >= 0.6 is 0 Å². The zero-order valence-electron chi connectivity index (χ0n) is 11.5. The van der Waals surface area contributed by atoms with Gasteiger partial charge in [0.25, 0.3) is 0 Å². The van der Waals surface area contributed by atoms with E-state index < -0.39 is 5.97 Å². The number of ether oxygens (including phenoxy) is 1. The van der Waals surface area contributed by atoms with E-state index in [1.54, 1.807) is 7.11 Å². The third-order valence-corrected chi connectivity index (χ3v) is 3.47. The summed E-state index contributed by atoms with van der Waals surface area (Å²) in [5.41, 5.74) is 2.18. The second kappa shape index (κ2) is 5.34. The Bertz CT molecular complexity index is 601. The Kier molecular flexibility index (Phi) is 3.79. The SMILES string of the molecule is CCn1cc(C(C)CC(=O)O)c2ccc(OC)cc21. The Morgan fingerprint density at radius 1 is 1.47 bits per heavy atom. The Labute approximate surface area is 112 Å². The van der Waals surface area contributed by atoms with Crippen molar-refractivity contribution in [3.63, 3.8) is 0 Å². The number of carboxylic acid groups (broad SMARTS) is 1. The molecule has 1 aromatic heterocycles. The van der Waals surface area contributed by atoms with Gasteiger partial charge in [0.05, 0.1) is 19.0 Å². The highest BCUT2D eigenvalue weighted by molar-refractivity contribution is 5.86. The van der Waals surface area contributed by atoms with Gasteiger partial charge in [0.2, 0.25) is 0 Å². The van der Waals surface area contributed by atoms with Gasteiger partial charge >= 0.3 is 5.97 Å². The number of methoxy groups -OCH3 is 1. The molecule has 1 N–H and O–H groups in total. The van der Waals surface area contributed by atoms with E-state index in [0.29, 0.717) is 0 Å². The van der Waals surface area contributed by atoms with Crippen LogP contribution in [0.3, 0.4) is 0 Å². The highest BCUT2D eigenvalue weighted by Gasteiger charge is 2.16. The molecule has 2 aromatic rings. The third-order valence-electron chi connectivity index (χ3n) is 3.47. The van der Waals surface area contributed by atoms with Gasteiger partial charge in [-0.15, -0.1) is 0 Å². The van der Waals surface area contributed by atoms with Crippen molar-refractivity contribution in [2.75, 3.05) is 7.11 Å². The summed E-state index contributed by atoms with van der Waals surface area (Å²) in [6.07, 6.45) is 2.20. The zero-order valence-corrected chi connectivity index (χ0v) is 11.5. The van der Waals surface area contributed by atoms with Gasteiger partial charge in [0.15, 0.2) is 0 Å². The van der Waals surface area contributed by atoms with Gasteiger partial charge in [-0.3, -0.25) is 4.79 Å². The van der Waals surface area contributed by atoms with Gasteiger partial charge in [-0.05, 0) is 30.5 Å². The van der Waals surface area contributed by atoms with Crippen LogP contribution in [0.4, 0.5) is 0 Å². The number of hydrogen-bond acceptors (Lipinski definition) is 2. The topological polar surface area (TPSA) is 51.5 Å². The predicted molar refractivity (Wildman–Crippen MR) is 74.8 cm³/mol. The van der Waals surface area contributed by atoms with Gasteiger partial charge in [0.1, 0.15) is 5.75 Å². The molecule has 0 aliphatic heterocycles. The summed E-state index contributed by atoms with van der Waals surface area (Å²) in [5.74, 6) is 0.0531. The standard InChI is InChI=1S/C15H19NO3/c1-4-16-9-13(10(2)7-15(17)18)12-6-5-11(19-3)8-14(12)16/h5-6,8-10H,4,7H2,1-3H3,(H,17,18). The fourth-order valence-electron chi connectivity index (χ4n) is 2.45. The molecule has 0 radical (unpaired) electrons. The summed E-state index contributed by atoms with van der Waals surface area (Å²) < 4.78 is 7.38. The molecule has 2 rings (SSSR count). The molecule has 4 nitrogen and oxygen atoms in total. The molecular weight excluding hydrogens is 242 g/mol. The number of aromatic nitrogens is 1. The van der Waals surface area contributed by atoms with Gasteiger partial charge < -0.3 is 14.4 Å². The lowest BCUT2D eigenvalue weighted by atomic mass is 9.97. The summed E-state index contributed by atoms with van der Waals surface area (Å²) in [5, 5.41) is 10.0. The number of aliphatic carboxylic acids is 1. The van der Waals surface area contributed by atoms with Crippen molar-refractivity contribution in [3.05, 3.63) is 30.0 Å². The molecule has 0 aliphatic rings. The first-order valence-corrected chi connectivity index (χ1v) is 6.45. The van der Waals surface area contributed by atoms with Crippen molar-refractivity contribution < 1.29 is 14.6 Å². The maximum Gasteiger partial charge on any atom is 0.303 e. The normalized spacial score (nSPS) is 12.6. The molecule has 102 valence electrons. The van der Waals surface area contributed by atoms with Gasteiger partial charge in [0, 0.05) is 24.2 Å². The highest BCUT2D eigenvalue weighted by Crippen LogP contribution is 2.31. The molecule has 0 saturated heterocycles. The van der Waals surface area contributed by atoms with Crippen LogP contribution in [0.25, 0.3) is 10.9 Å². The number of carbonyl (C=O) groups is 1. The number of hydrogen-bond donors (Lipinski definition) is 1. The van der Waals surface area contributed by atoms with E-state index in [9.17, 15) is 4.79 Å². The number of carboxylic acids is 1. The molecule has 0 fully saturated rings. The highest BCUT2D eigenvalue weighted by atomic mass is 16.5. The van der Waals surface area contributed by atoms with E-state index in [0.717, 1.165) is 28.8 Å². The molecule has 0 spiro atoms. The van der Waals surface area contributed by atoms with Crippen molar-refractivity contribution in [1.29, 1.82) is 0 Å². The van der Waals surface area contributed by atoms with E-state index in [-0.39, 0.29) is 12.3 Å². The van der Waals surface area contributed by atoms with Gasteiger partial charge in [-0.1, -0.05) is 6.92 Å². The Hall–Kier alpha value is -1.97. The first-order chi connectivity index (χ1) is 9.06. The van der Waals surface area contributed by atoms with Gasteiger partial charge in [-0.25, -0.2) is 0 Å². The second-order valence-corrected chi connectivity index (χ2v) is 4.75. The van der Waals surface area contributed by atoms with Crippen molar-refractivity contribution in [1.82, 2.24) is 4.57 Å². The largest absolute Gasteiger partial charge is 0.497 e. The lowest BCUT2D eigenvalue weighted by Crippen LogP contribution is -2.02. The summed E-state index contributed by atoms with van der Waals surface area (Å²) in [7, 11) is 1.65. The van der Waals surface area contributed by atoms with Crippen molar-refractivity contribution >= 4 is 16.9 Å². The first-order valence-electron chi connectivity index (χ1n) is 6.45. The molecule has 0 saturated carbocycles. The molecule has 0 amide bonds. The number of benzene rings is 1. The van der Waals surface area contributed by atoms with E-state index >= 15 is 0 Å². The van der Waals surface area contributed by atoms with E-state index in [1.807, 2.05) is 25.1 Å². The average molecular weight is 261 g/mol. The van der Waals surface area contributed by atoms with Crippen LogP contribution in [0.5, 0.6) is 5.75 Å². The lowest BCUT2D eigenvalue weighted by Gasteiger charge is -2.07. The monoisotopic (exact) mass is 261 g/mol. The minimum absolute atomic E-state index is 0.00111. The fourth-order valence-corrected chi connectivity index (χ4v) is 2.45. The Balaban J connectivity index is 2.53. The summed E-state index contributed by atoms with van der Waals surface area (Å²) >= 11 is 0. The summed E-state index contributed by atoms with van der Waals surface area (Å²) in [4.78, 5) is 10.9. The van der Waals surface area contributed by atoms with Crippen LogP contribution in [0.15, 0.2) is 24.4 Å². The van der Waals surface area contributed by atoms with Crippen LogP contribution in [0, 0.1) is 0 Å². The van der Waals surface area contributed by atoms with Crippen molar-refractivity contribution in [3.8, 4) is 5.75 Å². The molecule has 1 atom stereocenters. The zero-order chi connectivity index (χ0) is 14.0. The van der Waals surface area contributed by atoms with Crippen LogP contribution in [-0.4, -0.2) is 22.8 Å². The smallest absolute Gasteiger partial charge is 0.303 e. The van der Waals surface area contributed by atoms with Crippen LogP contribution in [0.1, 0.15) is 31.7 Å². The molecule has 0 aliphatic carbocycles. The number of nitrogens with zero attached hydrogens (tertiary/aromatic N) is 1. The first kappa shape index (κ1) is 13.5. The Morgan fingerprint density at radius 3 is 2.79 bits per heavy atom. The van der Waals surface area contributed by atoms with Crippen LogP contribution in [0.2, 0.25) is 0 Å². The van der Waals surface area contributed by atoms with E-state index in [4.69, 9.17) is 9.84 Å². The Morgan fingerprint density at radius 2 is 2.21 bits per heavy atom. The van der Waals surface area contributed by atoms with E-state index in [2.05, 4.69) is 17.7 Å². The molecule has 0 bridgehead atoms.